The van der Waals surface area contributed by atoms with E-state index in [1.54, 1.807) is 27.7 Å². The molecule has 0 saturated carbocycles. The third kappa shape index (κ3) is 14.3. The summed E-state index contributed by atoms with van der Waals surface area (Å²) in [5, 5.41) is 37.6. The van der Waals surface area contributed by atoms with Gasteiger partial charge in [0.2, 0.25) is 23.6 Å². The molecule has 16 nitrogen and oxygen atoms in total. The van der Waals surface area contributed by atoms with Gasteiger partial charge in [-0.25, -0.2) is 9.59 Å². The van der Waals surface area contributed by atoms with Crippen molar-refractivity contribution in [3.8, 4) is 22.3 Å². The first-order chi connectivity index (χ1) is 33.6. The van der Waals surface area contributed by atoms with E-state index in [1.165, 1.54) is 21.6 Å². The van der Waals surface area contributed by atoms with Gasteiger partial charge in [-0.3, -0.25) is 19.2 Å². The van der Waals surface area contributed by atoms with Crippen LogP contribution in [-0.4, -0.2) is 122 Å². The van der Waals surface area contributed by atoms with Crippen LogP contribution in [0.15, 0.2) is 97.1 Å². The van der Waals surface area contributed by atoms with E-state index >= 15 is 0 Å². The van der Waals surface area contributed by atoms with Crippen LogP contribution >= 0.6 is 21.6 Å². The highest BCUT2D eigenvalue weighted by Gasteiger charge is 2.36. The van der Waals surface area contributed by atoms with E-state index in [9.17, 15) is 39.0 Å². The van der Waals surface area contributed by atoms with E-state index in [4.69, 9.17) is 9.47 Å². The summed E-state index contributed by atoms with van der Waals surface area (Å²) in [5.74, 6) is -0.839. The van der Waals surface area contributed by atoms with Gasteiger partial charge in [0.25, 0.3) is 0 Å². The number of aliphatic hydroxyl groups excluding tert-OH is 2. The third-order valence-corrected chi connectivity index (χ3v) is 14.9. The number of amides is 6. The average molecular weight is 997 g/mol. The lowest BCUT2D eigenvalue weighted by molar-refractivity contribution is -0.136. The van der Waals surface area contributed by atoms with Crippen LogP contribution in [0.1, 0.15) is 74.6 Å². The maximum Gasteiger partial charge on any atom is 0.407 e. The highest BCUT2D eigenvalue weighted by molar-refractivity contribution is 8.76. The van der Waals surface area contributed by atoms with Gasteiger partial charge < -0.3 is 51.6 Å². The van der Waals surface area contributed by atoms with Crippen LogP contribution in [0, 0.1) is 10.8 Å². The largest absolute Gasteiger partial charge is 0.449 e. The van der Waals surface area contributed by atoms with E-state index in [-0.39, 0.29) is 75.9 Å². The molecule has 0 saturated heterocycles. The fourth-order valence-corrected chi connectivity index (χ4v) is 10.2. The Kier molecular flexibility index (Phi) is 19.1. The lowest BCUT2D eigenvalue weighted by atomic mass is 9.86. The van der Waals surface area contributed by atoms with Crippen molar-refractivity contribution >= 4 is 57.4 Å². The highest BCUT2D eigenvalue weighted by atomic mass is 33.1. The maximum absolute atomic E-state index is 12.7. The number of carbonyl (C=O) groups excluding carboxylic acids is 6. The minimum absolute atomic E-state index is 0.0127. The Morgan fingerprint density at radius 1 is 0.486 bits per heavy atom. The standard InChI is InChI=1S/C52H64N6O10S2/c1-51(2,31-57-49(65)67-29-41-37-17-9-5-13-33(37)34-14-6-10-18-38(34)41)45(61)47(63)55-23-21-43(59)53-25-27-69-70-28-26-54-44(60)22-24-56-48(64)46(62)52(3,4)32-58-50(66)68-30-42-39-19-11-7-15-35(39)36-16-8-12-20-40(36)42/h5-20,41-42,45-46,61-62H,21-32H2,1-4H3,(H,53,59)(H,54,60)(H,55,63)(H,56,64)(H,57,65)(H,58,66)/t45-,46-/m0/s1. The molecule has 0 aliphatic heterocycles. The minimum Gasteiger partial charge on any atom is -0.449 e. The van der Waals surface area contributed by atoms with Gasteiger partial charge in [-0.2, -0.15) is 0 Å². The van der Waals surface area contributed by atoms with Crippen molar-refractivity contribution in [1.82, 2.24) is 31.9 Å². The molecule has 374 valence electrons. The zero-order chi connectivity index (χ0) is 50.3. The molecule has 4 aromatic carbocycles. The maximum atomic E-state index is 12.7. The molecule has 0 aromatic heterocycles. The zero-order valence-electron chi connectivity index (χ0n) is 40.0. The first-order valence-corrected chi connectivity index (χ1v) is 25.9. The van der Waals surface area contributed by atoms with Crippen LogP contribution in [0.4, 0.5) is 9.59 Å². The van der Waals surface area contributed by atoms with Gasteiger partial charge in [-0.1, -0.05) is 146 Å². The van der Waals surface area contributed by atoms with Crippen LogP contribution in [0.3, 0.4) is 0 Å². The lowest BCUT2D eigenvalue weighted by Crippen LogP contribution is -2.49. The number of hydrogen-bond donors (Lipinski definition) is 8. The topological polar surface area (TPSA) is 234 Å². The second-order valence-electron chi connectivity index (χ2n) is 18.6. The molecule has 4 aromatic rings. The summed E-state index contributed by atoms with van der Waals surface area (Å²) in [6.45, 7) is 7.64. The van der Waals surface area contributed by atoms with Gasteiger partial charge in [0.15, 0.2) is 0 Å². The Morgan fingerprint density at radius 3 is 1.13 bits per heavy atom. The fourth-order valence-electron chi connectivity index (χ4n) is 8.35. The summed E-state index contributed by atoms with van der Waals surface area (Å²) in [6.07, 6.45) is -4.19. The number of rotatable bonds is 25. The SMILES string of the molecule is CC(C)(CNC(=O)OCC1c2ccccc2-c2ccccc21)[C@@H](O)C(=O)NCCC(=O)NCCSSCCNC(=O)CCNC(=O)[C@H](O)C(C)(C)CNC(=O)OCC1c2ccccc2-c2ccccc21. The normalized spacial score (nSPS) is 13.6. The van der Waals surface area contributed by atoms with Crippen molar-refractivity contribution < 1.29 is 48.5 Å². The Balaban J connectivity index is 0.744. The van der Waals surface area contributed by atoms with Crippen LogP contribution in [0.2, 0.25) is 0 Å². The highest BCUT2D eigenvalue weighted by Crippen LogP contribution is 2.45. The quantitative estimate of drug-likeness (QED) is 0.0306. The molecule has 2 aliphatic rings. The van der Waals surface area contributed by atoms with Gasteiger partial charge in [0.05, 0.1) is 0 Å². The summed E-state index contributed by atoms with van der Waals surface area (Å²) in [4.78, 5) is 75.5. The molecule has 2 atom stereocenters. The van der Waals surface area contributed by atoms with Crippen LogP contribution in [0.5, 0.6) is 0 Å². The fraction of sp³-hybridized carbons (Fsp3) is 0.423. The number of aliphatic hydroxyl groups is 2. The smallest absolute Gasteiger partial charge is 0.407 e. The number of alkyl carbamates (subject to hydrolysis) is 2. The molecule has 0 unspecified atom stereocenters. The monoisotopic (exact) mass is 996 g/mol. The molecule has 0 fully saturated rings. The second kappa shape index (κ2) is 25.2. The molecule has 2 aliphatic carbocycles. The molecule has 70 heavy (non-hydrogen) atoms. The average Bonchev–Trinajstić information content (AvgIpc) is 3.86. The predicted molar refractivity (Wildman–Crippen MR) is 272 cm³/mol. The molecule has 8 N–H and O–H groups in total. The van der Waals surface area contributed by atoms with Gasteiger partial charge in [-0.05, 0) is 44.5 Å². The van der Waals surface area contributed by atoms with E-state index in [0.717, 1.165) is 44.5 Å². The van der Waals surface area contributed by atoms with E-state index in [0.29, 0.717) is 24.6 Å². The first kappa shape index (κ1) is 53.3. The summed E-state index contributed by atoms with van der Waals surface area (Å²) in [5.41, 5.74) is 6.78. The van der Waals surface area contributed by atoms with Crippen LogP contribution in [-0.2, 0) is 28.7 Å². The first-order valence-electron chi connectivity index (χ1n) is 23.4. The van der Waals surface area contributed by atoms with Crippen molar-refractivity contribution in [1.29, 1.82) is 0 Å². The number of nitrogens with one attached hydrogen (secondary N) is 6. The summed E-state index contributed by atoms with van der Waals surface area (Å²) in [6, 6.07) is 32.1. The number of hydrogen-bond acceptors (Lipinski definition) is 12. The molecule has 0 bridgehead atoms. The van der Waals surface area contributed by atoms with E-state index in [2.05, 4.69) is 56.2 Å². The number of benzene rings is 4. The Labute approximate surface area is 417 Å². The summed E-state index contributed by atoms with van der Waals surface area (Å²) < 4.78 is 11.2. The number of ether oxygens (including phenoxy) is 2. The second-order valence-corrected chi connectivity index (χ2v) is 21.3. The zero-order valence-corrected chi connectivity index (χ0v) is 41.6. The van der Waals surface area contributed by atoms with Gasteiger partial charge in [0, 0.05) is 86.3 Å². The van der Waals surface area contributed by atoms with E-state index < -0.39 is 47.0 Å². The molecule has 6 rings (SSSR count). The van der Waals surface area contributed by atoms with Gasteiger partial charge in [-0.15, -0.1) is 0 Å². The van der Waals surface area contributed by atoms with Crippen molar-refractivity contribution in [3.63, 3.8) is 0 Å². The van der Waals surface area contributed by atoms with Crippen LogP contribution in [0.25, 0.3) is 22.3 Å². The lowest BCUT2D eigenvalue weighted by Gasteiger charge is -2.29. The van der Waals surface area contributed by atoms with Crippen LogP contribution < -0.4 is 31.9 Å². The molecule has 6 amide bonds. The number of fused-ring (bicyclic) bond motifs is 6. The van der Waals surface area contributed by atoms with Crippen molar-refractivity contribution in [2.45, 2.75) is 64.6 Å². The Morgan fingerprint density at radius 2 is 0.800 bits per heavy atom. The number of carbonyl (C=O) groups is 6. The molecule has 18 heteroatoms. The molecule has 0 heterocycles. The summed E-state index contributed by atoms with van der Waals surface area (Å²) >= 11 is 0. The molecule has 0 spiro atoms. The molecular weight excluding hydrogens is 933 g/mol. The molecular formula is C52H64N6O10S2. The van der Waals surface area contributed by atoms with Crippen molar-refractivity contribution in [2.24, 2.45) is 10.8 Å². The van der Waals surface area contributed by atoms with Gasteiger partial charge in [0.1, 0.15) is 25.4 Å². The van der Waals surface area contributed by atoms with E-state index in [1.807, 2.05) is 72.8 Å². The molecule has 0 radical (unpaired) electrons. The summed E-state index contributed by atoms with van der Waals surface area (Å²) in [7, 11) is 3.04. The van der Waals surface area contributed by atoms with Crippen molar-refractivity contribution in [2.75, 3.05) is 64.0 Å². The van der Waals surface area contributed by atoms with Gasteiger partial charge >= 0.3 is 12.2 Å². The third-order valence-electron chi connectivity index (χ3n) is 12.4. The minimum atomic E-state index is -1.46. The Bertz CT molecular complexity index is 2230. The Hall–Kier alpha value is -6.08. The van der Waals surface area contributed by atoms with Crippen molar-refractivity contribution in [3.05, 3.63) is 119 Å². The predicted octanol–water partition coefficient (Wildman–Crippen LogP) is 5.46.